The summed E-state index contributed by atoms with van der Waals surface area (Å²) in [6.07, 6.45) is 8.52. The van der Waals surface area contributed by atoms with Gasteiger partial charge >= 0.3 is 0 Å². The Kier molecular flexibility index (Phi) is 3.62. The molecule has 13 heavy (non-hydrogen) atoms. The molecule has 1 heterocycles. The Bertz CT molecular complexity index is 133. The lowest BCUT2D eigenvalue weighted by Crippen LogP contribution is -2.45. The lowest BCUT2D eigenvalue weighted by atomic mass is 10.1. The zero-order chi connectivity index (χ0) is 8.93. The Labute approximate surface area is 81.7 Å². The molecule has 0 bridgehead atoms. The van der Waals surface area contributed by atoms with E-state index in [0.29, 0.717) is 0 Å². The summed E-state index contributed by atoms with van der Waals surface area (Å²) in [7, 11) is 0. The van der Waals surface area contributed by atoms with Gasteiger partial charge in [0.2, 0.25) is 0 Å². The van der Waals surface area contributed by atoms with E-state index in [1.54, 1.807) is 6.04 Å². The van der Waals surface area contributed by atoms with Gasteiger partial charge in [-0.3, -0.25) is 4.90 Å². The molecule has 0 aromatic rings. The Balaban J connectivity index is 1.82. The van der Waals surface area contributed by atoms with E-state index < -0.39 is 0 Å². The molecule has 0 amide bonds. The molecule has 0 aromatic carbocycles. The highest BCUT2D eigenvalue weighted by molar-refractivity contribution is 4.93. The molecule has 1 saturated carbocycles. The molecule has 2 rings (SSSR count). The second-order valence-corrected chi connectivity index (χ2v) is 4.22. The van der Waals surface area contributed by atoms with Crippen molar-refractivity contribution in [1.82, 2.24) is 10.2 Å². The molecule has 2 fully saturated rings. The predicted octanol–water partition coefficient (Wildman–Crippen LogP) is 1.78. The third kappa shape index (κ3) is 2.68. The van der Waals surface area contributed by atoms with Crippen LogP contribution < -0.4 is 5.32 Å². The van der Waals surface area contributed by atoms with Crippen LogP contribution in [0, 0.1) is 6.04 Å². The molecular formula is C11H21N2. The van der Waals surface area contributed by atoms with Crippen LogP contribution in [0.3, 0.4) is 0 Å². The molecule has 1 aliphatic carbocycles. The molecular weight excluding hydrogens is 160 g/mol. The van der Waals surface area contributed by atoms with E-state index >= 15 is 0 Å². The van der Waals surface area contributed by atoms with Gasteiger partial charge in [-0.15, -0.1) is 0 Å². The van der Waals surface area contributed by atoms with Crippen molar-refractivity contribution in [3.63, 3.8) is 0 Å². The maximum absolute atomic E-state index is 3.41. The highest BCUT2D eigenvalue weighted by Gasteiger charge is 2.21. The normalized spacial score (nSPS) is 28.6. The first-order valence-electron chi connectivity index (χ1n) is 5.77. The third-order valence-electron chi connectivity index (χ3n) is 3.24. The van der Waals surface area contributed by atoms with E-state index in [1.807, 2.05) is 0 Å². The monoisotopic (exact) mass is 181 g/mol. The van der Waals surface area contributed by atoms with Gasteiger partial charge in [-0.25, -0.2) is 0 Å². The average Bonchev–Trinajstić information content (AvgIpc) is 2.47. The van der Waals surface area contributed by atoms with E-state index in [4.69, 9.17) is 0 Å². The second kappa shape index (κ2) is 4.97. The van der Waals surface area contributed by atoms with Crippen LogP contribution in [0.1, 0.15) is 38.5 Å². The maximum atomic E-state index is 3.41. The van der Waals surface area contributed by atoms with Crippen LogP contribution in [-0.2, 0) is 0 Å². The first kappa shape index (κ1) is 9.47. The molecule has 1 saturated heterocycles. The van der Waals surface area contributed by atoms with Crippen LogP contribution in [0.2, 0.25) is 0 Å². The average molecular weight is 181 g/mol. The van der Waals surface area contributed by atoms with Crippen LogP contribution in [0.25, 0.3) is 0 Å². The number of nitrogens with one attached hydrogen (secondary N) is 1. The predicted molar refractivity (Wildman–Crippen MR) is 55.4 cm³/mol. The van der Waals surface area contributed by atoms with Gasteiger partial charge in [0, 0.05) is 32.2 Å². The Hall–Kier alpha value is -0.0800. The second-order valence-electron chi connectivity index (χ2n) is 4.22. The van der Waals surface area contributed by atoms with Crippen LogP contribution in [-0.4, -0.2) is 31.1 Å². The Morgan fingerprint density at radius 1 is 0.846 bits per heavy atom. The molecule has 0 spiro atoms. The van der Waals surface area contributed by atoms with Gasteiger partial charge in [0.1, 0.15) is 0 Å². The summed E-state index contributed by atoms with van der Waals surface area (Å²) < 4.78 is 0. The molecule has 2 nitrogen and oxygen atoms in total. The summed E-state index contributed by atoms with van der Waals surface area (Å²) in [6.45, 7) is 4.86. The van der Waals surface area contributed by atoms with Crippen molar-refractivity contribution in [2.24, 2.45) is 0 Å². The minimum Gasteiger partial charge on any atom is -0.314 e. The van der Waals surface area contributed by atoms with Gasteiger partial charge < -0.3 is 5.32 Å². The van der Waals surface area contributed by atoms with Crippen molar-refractivity contribution >= 4 is 0 Å². The minimum absolute atomic E-state index is 1.18. The Morgan fingerprint density at radius 2 is 1.46 bits per heavy atom. The van der Waals surface area contributed by atoms with Crippen molar-refractivity contribution < 1.29 is 0 Å². The number of hydrogen-bond donors (Lipinski definition) is 1. The number of nitrogens with zero attached hydrogens (tertiary/aromatic N) is 1. The van der Waals surface area contributed by atoms with E-state index in [9.17, 15) is 0 Å². The van der Waals surface area contributed by atoms with Gasteiger partial charge in [-0.05, 0) is 12.8 Å². The van der Waals surface area contributed by atoms with Crippen molar-refractivity contribution in [3.8, 4) is 0 Å². The number of piperazine rings is 1. The van der Waals surface area contributed by atoms with Gasteiger partial charge in [0.25, 0.3) is 0 Å². The summed E-state index contributed by atoms with van der Waals surface area (Å²) in [4.78, 5) is 2.63. The van der Waals surface area contributed by atoms with Crippen LogP contribution in [0.5, 0.6) is 0 Å². The van der Waals surface area contributed by atoms with E-state index in [-0.39, 0.29) is 0 Å². The molecule has 1 aliphatic heterocycles. The van der Waals surface area contributed by atoms with Crippen molar-refractivity contribution in [3.05, 3.63) is 6.04 Å². The topological polar surface area (TPSA) is 15.3 Å². The van der Waals surface area contributed by atoms with Crippen molar-refractivity contribution in [1.29, 1.82) is 0 Å². The van der Waals surface area contributed by atoms with Crippen molar-refractivity contribution in [2.45, 2.75) is 38.5 Å². The fraction of sp³-hybridized carbons (Fsp3) is 0.909. The number of rotatable bonds is 1. The number of hydrogen-bond acceptors (Lipinski definition) is 2. The molecule has 0 unspecified atom stereocenters. The zero-order valence-corrected chi connectivity index (χ0v) is 8.52. The molecule has 1 N–H and O–H groups in total. The minimum atomic E-state index is 1.18. The maximum Gasteiger partial charge on any atom is 0.0394 e. The summed E-state index contributed by atoms with van der Waals surface area (Å²) in [5.74, 6) is 0. The summed E-state index contributed by atoms with van der Waals surface area (Å²) in [5, 5.41) is 3.41. The van der Waals surface area contributed by atoms with Crippen LogP contribution >= 0.6 is 0 Å². The molecule has 0 atom stereocenters. The fourth-order valence-electron chi connectivity index (χ4n) is 2.43. The van der Waals surface area contributed by atoms with Gasteiger partial charge in [0.15, 0.2) is 0 Å². The van der Waals surface area contributed by atoms with E-state index in [0.717, 1.165) is 0 Å². The van der Waals surface area contributed by atoms with Gasteiger partial charge in [0.05, 0.1) is 0 Å². The van der Waals surface area contributed by atoms with Crippen LogP contribution in [0.4, 0.5) is 0 Å². The van der Waals surface area contributed by atoms with Gasteiger partial charge in [-0.2, -0.15) is 0 Å². The smallest absolute Gasteiger partial charge is 0.0394 e. The molecule has 1 radical (unpaired) electrons. The van der Waals surface area contributed by atoms with E-state index in [2.05, 4.69) is 10.2 Å². The quantitative estimate of drug-likeness (QED) is 0.620. The molecule has 2 heteroatoms. The largest absolute Gasteiger partial charge is 0.314 e. The third-order valence-corrected chi connectivity index (χ3v) is 3.24. The molecule has 0 aromatic heterocycles. The molecule has 2 aliphatic rings. The van der Waals surface area contributed by atoms with E-state index in [1.165, 1.54) is 64.7 Å². The summed E-state index contributed by atoms with van der Waals surface area (Å²) >= 11 is 0. The first-order chi connectivity index (χ1) is 6.47. The first-order valence-corrected chi connectivity index (χ1v) is 5.77. The van der Waals surface area contributed by atoms with Crippen molar-refractivity contribution in [2.75, 3.05) is 26.2 Å². The highest BCUT2D eigenvalue weighted by Crippen LogP contribution is 2.27. The standard InChI is InChI=1S/C11H21N2/c1-2-4-6-11(5-3-1)13-9-7-12-8-10-13/h12H,1-10H2. The SMILES string of the molecule is C1CCC[C](N2CCNCC2)CC1. The fourth-order valence-corrected chi connectivity index (χ4v) is 2.43. The van der Waals surface area contributed by atoms with Crippen LogP contribution in [0.15, 0.2) is 0 Å². The van der Waals surface area contributed by atoms with Gasteiger partial charge in [-0.1, -0.05) is 25.7 Å². The zero-order valence-electron chi connectivity index (χ0n) is 8.52. The highest BCUT2D eigenvalue weighted by atomic mass is 15.2. The summed E-state index contributed by atoms with van der Waals surface area (Å²) in [5.41, 5.74) is 0. The molecule has 75 valence electrons. The lowest BCUT2D eigenvalue weighted by molar-refractivity contribution is 0.230. The summed E-state index contributed by atoms with van der Waals surface area (Å²) in [6, 6.07) is 1.75. The lowest BCUT2D eigenvalue weighted by Gasteiger charge is -2.33. The Morgan fingerprint density at radius 3 is 2.08 bits per heavy atom.